The summed E-state index contributed by atoms with van der Waals surface area (Å²) in [7, 11) is 0. The molecule has 0 atom stereocenters. The summed E-state index contributed by atoms with van der Waals surface area (Å²) in [6.07, 6.45) is 7.67. The lowest BCUT2D eigenvalue weighted by atomic mass is 10.0. The zero-order valence-corrected chi connectivity index (χ0v) is 10.6. The van der Waals surface area contributed by atoms with E-state index in [1.807, 2.05) is 6.07 Å². The van der Waals surface area contributed by atoms with Gasteiger partial charge in [-0.05, 0) is 49.8 Å². The SMILES string of the molecule is NC1(Cc2ccc3c(c2)OC2(CCCC2)O3)CC1. The minimum Gasteiger partial charge on any atom is -0.448 e. The molecule has 1 aliphatic heterocycles. The van der Waals surface area contributed by atoms with Crippen molar-refractivity contribution in [3.63, 3.8) is 0 Å². The van der Waals surface area contributed by atoms with E-state index in [4.69, 9.17) is 15.2 Å². The van der Waals surface area contributed by atoms with E-state index in [1.54, 1.807) is 0 Å². The minimum atomic E-state index is -0.346. The van der Waals surface area contributed by atoms with Crippen molar-refractivity contribution in [2.45, 2.75) is 56.3 Å². The summed E-state index contributed by atoms with van der Waals surface area (Å²) in [4.78, 5) is 0. The third-order valence-electron chi connectivity index (χ3n) is 4.41. The van der Waals surface area contributed by atoms with E-state index in [0.717, 1.165) is 43.6 Å². The van der Waals surface area contributed by atoms with E-state index >= 15 is 0 Å². The van der Waals surface area contributed by atoms with Crippen LogP contribution in [0.15, 0.2) is 18.2 Å². The van der Waals surface area contributed by atoms with Gasteiger partial charge in [0.25, 0.3) is 5.79 Å². The van der Waals surface area contributed by atoms with Crippen LogP contribution in [0.4, 0.5) is 0 Å². The van der Waals surface area contributed by atoms with Crippen LogP contribution in [0, 0.1) is 0 Å². The molecule has 3 heteroatoms. The molecule has 1 aromatic rings. The Morgan fingerprint density at radius 3 is 2.44 bits per heavy atom. The molecule has 2 aliphatic carbocycles. The summed E-state index contributed by atoms with van der Waals surface area (Å²) in [5.74, 6) is 1.47. The summed E-state index contributed by atoms with van der Waals surface area (Å²) in [6, 6.07) is 6.29. The maximum Gasteiger partial charge on any atom is 0.251 e. The van der Waals surface area contributed by atoms with Crippen LogP contribution in [0.1, 0.15) is 44.1 Å². The molecule has 0 bridgehead atoms. The first-order valence-electron chi connectivity index (χ1n) is 6.96. The lowest BCUT2D eigenvalue weighted by molar-refractivity contribution is -0.0716. The van der Waals surface area contributed by atoms with Crippen LogP contribution >= 0.6 is 0 Å². The Hall–Kier alpha value is -1.22. The standard InChI is InChI=1S/C15H19NO2/c16-14(7-8-14)10-11-3-4-12-13(9-11)18-15(17-12)5-1-2-6-15/h3-4,9H,1-2,5-8,10,16H2. The van der Waals surface area contributed by atoms with Gasteiger partial charge < -0.3 is 15.2 Å². The number of hydrogen-bond acceptors (Lipinski definition) is 3. The lowest BCUT2D eigenvalue weighted by Gasteiger charge is -2.21. The van der Waals surface area contributed by atoms with Gasteiger partial charge in [0.05, 0.1) is 0 Å². The Balaban J connectivity index is 1.58. The number of ether oxygens (including phenoxy) is 2. The summed E-state index contributed by atoms with van der Waals surface area (Å²) >= 11 is 0. The molecule has 3 aliphatic rings. The van der Waals surface area contributed by atoms with E-state index in [9.17, 15) is 0 Å². The van der Waals surface area contributed by atoms with E-state index in [2.05, 4.69) is 12.1 Å². The van der Waals surface area contributed by atoms with Crippen LogP contribution in [0.25, 0.3) is 0 Å². The van der Waals surface area contributed by atoms with Crippen LogP contribution in [0.2, 0.25) is 0 Å². The van der Waals surface area contributed by atoms with Crippen LogP contribution in [0.5, 0.6) is 11.5 Å². The van der Waals surface area contributed by atoms with Crippen molar-refractivity contribution in [2.75, 3.05) is 0 Å². The Labute approximate surface area is 107 Å². The minimum absolute atomic E-state index is 0.0543. The number of nitrogens with two attached hydrogens (primary N) is 1. The molecule has 96 valence electrons. The first-order chi connectivity index (χ1) is 8.67. The van der Waals surface area contributed by atoms with E-state index in [0.29, 0.717) is 0 Å². The summed E-state index contributed by atoms with van der Waals surface area (Å²) < 4.78 is 12.1. The lowest BCUT2D eigenvalue weighted by Crippen LogP contribution is -2.34. The van der Waals surface area contributed by atoms with Crippen LogP contribution in [-0.4, -0.2) is 11.3 Å². The van der Waals surface area contributed by atoms with Crippen molar-refractivity contribution in [1.82, 2.24) is 0 Å². The zero-order chi connectivity index (χ0) is 12.2. The number of benzene rings is 1. The fraction of sp³-hybridized carbons (Fsp3) is 0.600. The Morgan fingerprint density at radius 2 is 1.72 bits per heavy atom. The first kappa shape index (κ1) is 10.7. The Kier molecular flexibility index (Phi) is 2.03. The van der Waals surface area contributed by atoms with E-state index in [-0.39, 0.29) is 11.3 Å². The second-order valence-electron chi connectivity index (χ2n) is 6.14. The van der Waals surface area contributed by atoms with Gasteiger partial charge in [0.15, 0.2) is 11.5 Å². The maximum atomic E-state index is 6.17. The zero-order valence-electron chi connectivity index (χ0n) is 10.6. The summed E-state index contributed by atoms with van der Waals surface area (Å²) in [5, 5.41) is 0. The molecular weight excluding hydrogens is 226 g/mol. The van der Waals surface area contributed by atoms with E-state index < -0.39 is 0 Å². The van der Waals surface area contributed by atoms with Gasteiger partial charge in [-0.25, -0.2) is 0 Å². The molecule has 18 heavy (non-hydrogen) atoms. The fourth-order valence-corrected chi connectivity index (χ4v) is 3.11. The fourth-order valence-electron chi connectivity index (χ4n) is 3.11. The summed E-state index contributed by atoms with van der Waals surface area (Å²) in [6.45, 7) is 0. The number of hydrogen-bond donors (Lipinski definition) is 1. The Bertz CT molecular complexity index is 487. The smallest absolute Gasteiger partial charge is 0.251 e. The monoisotopic (exact) mass is 245 g/mol. The van der Waals surface area contributed by atoms with Gasteiger partial charge >= 0.3 is 0 Å². The van der Waals surface area contributed by atoms with Crippen molar-refractivity contribution in [1.29, 1.82) is 0 Å². The highest BCUT2D eigenvalue weighted by Crippen LogP contribution is 2.47. The second kappa shape index (κ2) is 3.41. The third-order valence-corrected chi connectivity index (χ3v) is 4.41. The molecule has 3 nitrogen and oxygen atoms in total. The highest BCUT2D eigenvalue weighted by molar-refractivity contribution is 5.46. The topological polar surface area (TPSA) is 44.5 Å². The van der Waals surface area contributed by atoms with Crippen molar-refractivity contribution < 1.29 is 9.47 Å². The second-order valence-corrected chi connectivity index (χ2v) is 6.14. The molecule has 1 heterocycles. The molecule has 1 spiro atoms. The first-order valence-corrected chi connectivity index (χ1v) is 6.96. The molecule has 0 amide bonds. The van der Waals surface area contributed by atoms with Crippen LogP contribution < -0.4 is 15.2 Å². The van der Waals surface area contributed by atoms with Crippen LogP contribution in [-0.2, 0) is 6.42 Å². The molecule has 2 fully saturated rings. The normalized spacial score (nSPS) is 25.6. The maximum absolute atomic E-state index is 6.17. The van der Waals surface area contributed by atoms with E-state index in [1.165, 1.54) is 18.4 Å². The predicted molar refractivity (Wildman–Crippen MR) is 68.8 cm³/mol. The van der Waals surface area contributed by atoms with Gasteiger partial charge in [0, 0.05) is 18.4 Å². The molecule has 4 rings (SSSR count). The number of rotatable bonds is 2. The van der Waals surface area contributed by atoms with Crippen molar-refractivity contribution >= 4 is 0 Å². The predicted octanol–water partition coefficient (Wildman–Crippen LogP) is 2.76. The highest BCUT2D eigenvalue weighted by atomic mass is 16.7. The molecule has 0 radical (unpaired) electrons. The number of fused-ring (bicyclic) bond motifs is 1. The molecule has 0 saturated heterocycles. The van der Waals surface area contributed by atoms with Gasteiger partial charge in [-0.15, -0.1) is 0 Å². The van der Waals surface area contributed by atoms with Gasteiger partial charge in [-0.3, -0.25) is 0 Å². The third kappa shape index (κ3) is 1.69. The highest BCUT2D eigenvalue weighted by Gasteiger charge is 2.44. The van der Waals surface area contributed by atoms with Crippen LogP contribution in [0.3, 0.4) is 0 Å². The largest absolute Gasteiger partial charge is 0.448 e. The quantitative estimate of drug-likeness (QED) is 0.871. The molecule has 0 unspecified atom stereocenters. The average molecular weight is 245 g/mol. The Morgan fingerprint density at radius 1 is 1.00 bits per heavy atom. The van der Waals surface area contributed by atoms with Gasteiger partial charge in [-0.1, -0.05) is 6.07 Å². The molecule has 1 aromatic carbocycles. The molecular formula is C15H19NO2. The van der Waals surface area contributed by atoms with Gasteiger partial charge in [0.2, 0.25) is 0 Å². The molecule has 2 saturated carbocycles. The average Bonchev–Trinajstić information content (AvgIpc) is 2.78. The van der Waals surface area contributed by atoms with Crippen molar-refractivity contribution in [3.05, 3.63) is 23.8 Å². The molecule has 2 N–H and O–H groups in total. The van der Waals surface area contributed by atoms with Gasteiger partial charge in [0.1, 0.15) is 0 Å². The molecule has 0 aromatic heterocycles. The summed E-state index contributed by atoms with van der Waals surface area (Å²) in [5.41, 5.74) is 7.49. The van der Waals surface area contributed by atoms with Crippen molar-refractivity contribution in [2.24, 2.45) is 5.73 Å². The van der Waals surface area contributed by atoms with Crippen molar-refractivity contribution in [3.8, 4) is 11.5 Å². The van der Waals surface area contributed by atoms with Gasteiger partial charge in [-0.2, -0.15) is 0 Å².